The fourth-order valence-electron chi connectivity index (χ4n) is 3.28. The first-order chi connectivity index (χ1) is 12.5. The van der Waals surface area contributed by atoms with Gasteiger partial charge in [-0.1, -0.05) is 35.5 Å². The zero-order chi connectivity index (χ0) is 18.7. The summed E-state index contributed by atoms with van der Waals surface area (Å²) in [5, 5.41) is 9.46. The van der Waals surface area contributed by atoms with Crippen LogP contribution in [-0.2, 0) is 16.1 Å². The summed E-state index contributed by atoms with van der Waals surface area (Å²) in [6.45, 7) is 10.2. The molecule has 1 aliphatic rings. The lowest BCUT2D eigenvalue weighted by Crippen LogP contribution is -2.48. The minimum absolute atomic E-state index is 0.0833. The summed E-state index contributed by atoms with van der Waals surface area (Å²) in [7, 11) is 0. The molecule has 1 saturated heterocycles. The molecule has 1 aromatic carbocycles. The Kier molecular flexibility index (Phi) is 5.98. The van der Waals surface area contributed by atoms with Crippen LogP contribution in [0.1, 0.15) is 26.3 Å². The number of aryl methyl sites for hydroxylation is 1. The van der Waals surface area contributed by atoms with Crippen molar-refractivity contribution in [3.8, 4) is 11.4 Å². The minimum Gasteiger partial charge on any atom is -0.372 e. The zero-order valence-electron chi connectivity index (χ0n) is 15.8. The molecule has 1 aliphatic heterocycles. The van der Waals surface area contributed by atoms with Crippen LogP contribution in [0.25, 0.3) is 11.4 Å². The van der Waals surface area contributed by atoms with E-state index in [0.717, 1.165) is 23.1 Å². The maximum absolute atomic E-state index is 12.6. The van der Waals surface area contributed by atoms with Gasteiger partial charge in [-0.05, 0) is 33.8 Å². The number of ether oxygens (including phenoxy) is 1. The number of carbonyl (C=O) groups excluding carboxylic acids is 1. The van der Waals surface area contributed by atoms with E-state index in [2.05, 4.69) is 40.7 Å². The Morgan fingerprint density at radius 2 is 2.00 bits per heavy atom. The molecule has 1 amide bonds. The first-order valence-corrected chi connectivity index (χ1v) is 10.0. The zero-order valence-corrected chi connectivity index (χ0v) is 16.6. The van der Waals surface area contributed by atoms with Crippen molar-refractivity contribution in [1.82, 2.24) is 19.7 Å². The van der Waals surface area contributed by atoms with Gasteiger partial charge in [-0.25, -0.2) is 0 Å². The summed E-state index contributed by atoms with van der Waals surface area (Å²) in [6.07, 6.45) is 0.167. The SMILES string of the molecule is CCn1c(SCC(=O)N2CC(C)OC(C)C2)nnc1-c1cccc(C)c1. The van der Waals surface area contributed by atoms with Crippen LogP contribution in [0.4, 0.5) is 0 Å². The maximum Gasteiger partial charge on any atom is 0.233 e. The molecule has 3 rings (SSSR count). The van der Waals surface area contributed by atoms with Gasteiger partial charge >= 0.3 is 0 Å². The number of thioether (sulfide) groups is 1. The number of carbonyl (C=O) groups is 1. The molecule has 0 spiro atoms. The molecule has 2 heterocycles. The molecule has 2 aromatic rings. The third-order valence-electron chi connectivity index (χ3n) is 4.41. The van der Waals surface area contributed by atoms with Gasteiger partial charge in [0.05, 0.1) is 18.0 Å². The molecule has 0 radical (unpaired) electrons. The molecule has 0 saturated carbocycles. The fourth-order valence-corrected chi connectivity index (χ4v) is 4.18. The molecule has 0 N–H and O–H groups in total. The Morgan fingerprint density at radius 3 is 2.65 bits per heavy atom. The molecule has 1 fully saturated rings. The van der Waals surface area contributed by atoms with Gasteiger partial charge in [-0.3, -0.25) is 4.79 Å². The minimum atomic E-state index is 0.0833. The van der Waals surface area contributed by atoms with E-state index in [1.807, 2.05) is 30.9 Å². The van der Waals surface area contributed by atoms with Crippen LogP contribution in [0.15, 0.2) is 29.4 Å². The molecule has 0 bridgehead atoms. The summed E-state index contributed by atoms with van der Waals surface area (Å²) in [5.41, 5.74) is 2.24. The van der Waals surface area contributed by atoms with Crippen LogP contribution in [0.2, 0.25) is 0 Å². The lowest BCUT2D eigenvalue weighted by molar-refractivity contribution is -0.140. The van der Waals surface area contributed by atoms with Gasteiger partial charge in [0.2, 0.25) is 5.91 Å². The third-order valence-corrected chi connectivity index (χ3v) is 5.36. The van der Waals surface area contributed by atoms with Crippen LogP contribution >= 0.6 is 11.8 Å². The van der Waals surface area contributed by atoms with Gasteiger partial charge in [0.25, 0.3) is 0 Å². The third kappa shape index (κ3) is 4.27. The van der Waals surface area contributed by atoms with Crippen molar-refractivity contribution < 1.29 is 9.53 Å². The van der Waals surface area contributed by atoms with E-state index in [0.29, 0.717) is 18.8 Å². The number of nitrogens with zero attached hydrogens (tertiary/aromatic N) is 4. The van der Waals surface area contributed by atoms with E-state index >= 15 is 0 Å². The highest BCUT2D eigenvalue weighted by atomic mass is 32.2. The first-order valence-electron chi connectivity index (χ1n) is 9.04. The summed E-state index contributed by atoms with van der Waals surface area (Å²) in [4.78, 5) is 14.5. The van der Waals surface area contributed by atoms with Crippen LogP contribution < -0.4 is 0 Å². The molecule has 6 nitrogen and oxygen atoms in total. The van der Waals surface area contributed by atoms with Gasteiger partial charge in [0.1, 0.15) is 0 Å². The lowest BCUT2D eigenvalue weighted by atomic mass is 10.1. The van der Waals surface area contributed by atoms with E-state index in [1.54, 1.807) is 0 Å². The maximum atomic E-state index is 12.6. The number of hydrogen-bond donors (Lipinski definition) is 0. The van der Waals surface area contributed by atoms with Gasteiger partial charge in [0.15, 0.2) is 11.0 Å². The fraction of sp³-hybridized carbons (Fsp3) is 0.526. The molecule has 7 heteroatoms. The highest BCUT2D eigenvalue weighted by molar-refractivity contribution is 7.99. The molecular formula is C19H26N4O2S. The Labute approximate surface area is 158 Å². The van der Waals surface area contributed by atoms with E-state index < -0.39 is 0 Å². The van der Waals surface area contributed by atoms with Crippen LogP contribution in [0.5, 0.6) is 0 Å². The van der Waals surface area contributed by atoms with Crippen LogP contribution in [-0.4, -0.2) is 56.6 Å². The molecule has 1 aromatic heterocycles. The Morgan fingerprint density at radius 1 is 1.27 bits per heavy atom. The van der Waals surface area contributed by atoms with Crippen LogP contribution in [0.3, 0.4) is 0 Å². The van der Waals surface area contributed by atoms with Gasteiger partial charge in [-0.15, -0.1) is 10.2 Å². The van der Waals surface area contributed by atoms with Crippen molar-refractivity contribution in [2.24, 2.45) is 0 Å². The number of morpholine rings is 1. The molecule has 140 valence electrons. The van der Waals surface area contributed by atoms with E-state index in [9.17, 15) is 4.79 Å². The Bertz CT molecular complexity index is 767. The van der Waals surface area contributed by atoms with Gasteiger partial charge in [-0.2, -0.15) is 0 Å². The Hall–Kier alpha value is -1.86. The number of aromatic nitrogens is 3. The number of rotatable bonds is 5. The predicted molar refractivity (Wildman–Crippen MR) is 103 cm³/mol. The van der Waals surface area contributed by atoms with Gasteiger partial charge < -0.3 is 14.2 Å². The van der Waals surface area contributed by atoms with E-state index in [4.69, 9.17) is 4.74 Å². The molecule has 2 atom stereocenters. The van der Waals surface area contributed by atoms with E-state index in [-0.39, 0.29) is 18.1 Å². The second-order valence-electron chi connectivity index (χ2n) is 6.76. The van der Waals surface area contributed by atoms with Crippen molar-refractivity contribution in [1.29, 1.82) is 0 Å². The second kappa shape index (κ2) is 8.22. The quantitative estimate of drug-likeness (QED) is 0.753. The highest BCUT2D eigenvalue weighted by Gasteiger charge is 2.26. The highest BCUT2D eigenvalue weighted by Crippen LogP contribution is 2.25. The standard InChI is InChI=1S/C19H26N4O2S/c1-5-23-18(16-8-6-7-13(2)9-16)20-21-19(23)26-12-17(24)22-10-14(3)25-15(4)11-22/h6-9,14-15H,5,10-12H2,1-4H3. The normalized spacial score (nSPS) is 20.4. The van der Waals surface area contributed by atoms with E-state index in [1.165, 1.54) is 17.3 Å². The van der Waals surface area contributed by atoms with Crippen molar-refractivity contribution >= 4 is 17.7 Å². The average Bonchev–Trinajstić information content (AvgIpc) is 3.01. The Balaban J connectivity index is 1.70. The number of amides is 1. The van der Waals surface area contributed by atoms with Crippen molar-refractivity contribution in [2.75, 3.05) is 18.8 Å². The topological polar surface area (TPSA) is 60.2 Å². The number of benzene rings is 1. The number of hydrogen-bond acceptors (Lipinski definition) is 5. The summed E-state index contributed by atoms with van der Waals surface area (Å²) < 4.78 is 7.77. The molecule has 2 unspecified atom stereocenters. The van der Waals surface area contributed by atoms with Crippen molar-refractivity contribution in [3.05, 3.63) is 29.8 Å². The summed E-state index contributed by atoms with van der Waals surface area (Å²) in [5.74, 6) is 1.34. The monoisotopic (exact) mass is 374 g/mol. The van der Waals surface area contributed by atoms with Gasteiger partial charge in [0, 0.05) is 25.2 Å². The summed E-state index contributed by atoms with van der Waals surface area (Å²) >= 11 is 1.45. The smallest absolute Gasteiger partial charge is 0.233 e. The largest absolute Gasteiger partial charge is 0.372 e. The second-order valence-corrected chi connectivity index (χ2v) is 7.71. The van der Waals surface area contributed by atoms with Crippen molar-refractivity contribution in [3.63, 3.8) is 0 Å². The van der Waals surface area contributed by atoms with Crippen LogP contribution in [0, 0.1) is 6.92 Å². The first kappa shape index (κ1) is 18.9. The predicted octanol–water partition coefficient (Wildman–Crippen LogP) is 3.00. The average molecular weight is 375 g/mol. The summed E-state index contributed by atoms with van der Waals surface area (Å²) in [6, 6.07) is 8.23. The molecular weight excluding hydrogens is 348 g/mol. The van der Waals surface area contributed by atoms with Crippen molar-refractivity contribution in [2.45, 2.75) is 51.6 Å². The molecule has 26 heavy (non-hydrogen) atoms. The molecule has 0 aliphatic carbocycles. The lowest BCUT2D eigenvalue weighted by Gasteiger charge is -2.35.